The molecule has 0 saturated heterocycles. The van der Waals surface area contributed by atoms with Gasteiger partial charge >= 0.3 is 0 Å². The predicted octanol–water partition coefficient (Wildman–Crippen LogP) is 1.99. The van der Waals surface area contributed by atoms with Gasteiger partial charge in [0.25, 0.3) is 0 Å². The monoisotopic (exact) mass is 233 g/mol. The van der Waals surface area contributed by atoms with E-state index in [-0.39, 0.29) is 5.82 Å². The average molecular weight is 233 g/mol. The molecule has 90 valence electrons. The highest BCUT2D eigenvalue weighted by Gasteiger charge is 2.09. The van der Waals surface area contributed by atoms with Crippen molar-refractivity contribution in [2.45, 2.75) is 6.42 Å². The molecule has 1 aromatic heterocycles. The lowest BCUT2D eigenvalue weighted by molar-refractivity contribution is 0.628. The molecule has 4 heteroatoms. The molecule has 0 spiro atoms. The Balaban J connectivity index is 2.33. The summed E-state index contributed by atoms with van der Waals surface area (Å²) in [4.78, 5) is 0. The molecule has 0 radical (unpaired) electrons. The van der Waals surface area contributed by atoms with Crippen molar-refractivity contribution in [3.05, 3.63) is 41.8 Å². The third-order valence-corrected chi connectivity index (χ3v) is 2.67. The third-order valence-electron chi connectivity index (χ3n) is 2.67. The molecule has 0 amide bonds. The number of likely N-dealkylation sites (N-methyl/N-ethyl adjacent to an activating group) is 1. The van der Waals surface area contributed by atoms with Gasteiger partial charge in [-0.15, -0.1) is 0 Å². The number of nitrogens with zero attached hydrogens (tertiary/aromatic N) is 2. The normalized spacial score (nSPS) is 10.8. The first-order valence-corrected chi connectivity index (χ1v) is 5.64. The van der Waals surface area contributed by atoms with Crippen LogP contribution in [-0.4, -0.2) is 23.4 Å². The lowest BCUT2D eigenvalue weighted by Gasteiger charge is -2.02. The van der Waals surface area contributed by atoms with Crippen LogP contribution in [0, 0.1) is 5.82 Å². The minimum absolute atomic E-state index is 0.221. The van der Waals surface area contributed by atoms with E-state index in [1.165, 1.54) is 17.7 Å². The van der Waals surface area contributed by atoms with E-state index in [1.54, 1.807) is 16.8 Å². The van der Waals surface area contributed by atoms with E-state index in [0.29, 0.717) is 0 Å². The molecule has 1 N–H and O–H groups in total. The van der Waals surface area contributed by atoms with Crippen molar-refractivity contribution in [1.82, 2.24) is 15.1 Å². The standard InChI is InChI=1S/C13H16FN3/c1-15-8-7-11-9-17(2)16-13(11)10-3-5-12(14)6-4-10/h3-6,9,15H,7-8H2,1-2H3. The summed E-state index contributed by atoms with van der Waals surface area (Å²) in [6.45, 7) is 0.903. The topological polar surface area (TPSA) is 29.9 Å². The van der Waals surface area contributed by atoms with Gasteiger partial charge in [-0.2, -0.15) is 5.10 Å². The molecule has 2 rings (SSSR count). The zero-order chi connectivity index (χ0) is 12.3. The summed E-state index contributed by atoms with van der Waals surface area (Å²) in [5.74, 6) is -0.221. The summed E-state index contributed by atoms with van der Waals surface area (Å²) in [6.07, 6.45) is 2.92. The fourth-order valence-electron chi connectivity index (χ4n) is 1.83. The van der Waals surface area contributed by atoms with Gasteiger partial charge in [-0.1, -0.05) is 0 Å². The van der Waals surface area contributed by atoms with Crippen molar-refractivity contribution >= 4 is 0 Å². The summed E-state index contributed by atoms with van der Waals surface area (Å²) in [7, 11) is 3.82. The van der Waals surface area contributed by atoms with Crippen LogP contribution in [0.2, 0.25) is 0 Å². The zero-order valence-corrected chi connectivity index (χ0v) is 10.1. The van der Waals surface area contributed by atoms with E-state index >= 15 is 0 Å². The van der Waals surface area contributed by atoms with Crippen LogP contribution in [0.25, 0.3) is 11.3 Å². The lowest BCUT2D eigenvalue weighted by atomic mass is 10.1. The van der Waals surface area contributed by atoms with E-state index in [0.717, 1.165) is 24.2 Å². The Bertz CT molecular complexity index is 488. The average Bonchev–Trinajstić information content (AvgIpc) is 2.69. The molecule has 0 fully saturated rings. The Labute approximate surface area is 100 Å². The maximum Gasteiger partial charge on any atom is 0.123 e. The van der Waals surface area contributed by atoms with Crippen LogP contribution >= 0.6 is 0 Å². The van der Waals surface area contributed by atoms with Crippen LogP contribution in [0.3, 0.4) is 0 Å². The van der Waals surface area contributed by atoms with Gasteiger partial charge in [0.1, 0.15) is 5.82 Å². The highest BCUT2D eigenvalue weighted by atomic mass is 19.1. The van der Waals surface area contributed by atoms with Crippen LogP contribution in [0.1, 0.15) is 5.56 Å². The highest BCUT2D eigenvalue weighted by Crippen LogP contribution is 2.22. The Morgan fingerprint density at radius 3 is 2.65 bits per heavy atom. The molecular formula is C13H16FN3. The Kier molecular flexibility index (Phi) is 3.54. The van der Waals surface area contributed by atoms with E-state index in [4.69, 9.17) is 0 Å². The zero-order valence-electron chi connectivity index (χ0n) is 10.1. The first-order chi connectivity index (χ1) is 8.20. The molecule has 2 aromatic rings. The number of benzene rings is 1. The second kappa shape index (κ2) is 5.10. The van der Waals surface area contributed by atoms with Crippen molar-refractivity contribution in [2.24, 2.45) is 7.05 Å². The van der Waals surface area contributed by atoms with Crippen LogP contribution in [0.4, 0.5) is 4.39 Å². The molecule has 0 aliphatic carbocycles. The maximum atomic E-state index is 12.9. The smallest absolute Gasteiger partial charge is 0.123 e. The second-order valence-corrected chi connectivity index (χ2v) is 4.04. The minimum Gasteiger partial charge on any atom is -0.319 e. The van der Waals surface area contributed by atoms with Crippen molar-refractivity contribution in [3.8, 4) is 11.3 Å². The van der Waals surface area contributed by atoms with Crippen LogP contribution in [-0.2, 0) is 13.5 Å². The van der Waals surface area contributed by atoms with Gasteiger partial charge in [0.15, 0.2) is 0 Å². The Morgan fingerprint density at radius 2 is 2.00 bits per heavy atom. The van der Waals surface area contributed by atoms with Crippen molar-refractivity contribution < 1.29 is 4.39 Å². The summed E-state index contributed by atoms with van der Waals surface area (Å²) in [6, 6.07) is 6.46. The van der Waals surface area contributed by atoms with Gasteiger partial charge in [0.2, 0.25) is 0 Å². The van der Waals surface area contributed by atoms with Crippen LogP contribution < -0.4 is 5.32 Å². The number of aryl methyl sites for hydroxylation is 1. The number of halogens is 1. The first kappa shape index (κ1) is 11.8. The van der Waals surface area contributed by atoms with Crippen LogP contribution in [0.5, 0.6) is 0 Å². The number of hydrogen-bond acceptors (Lipinski definition) is 2. The predicted molar refractivity (Wildman–Crippen MR) is 66.2 cm³/mol. The molecule has 0 aliphatic heterocycles. The van der Waals surface area contributed by atoms with E-state index < -0.39 is 0 Å². The van der Waals surface area contributed by atoms with Crippen LogP contribution in [0.15, 0.2) is 30.5 Å². The lowest BCUT2D eigenvalue weighted by Crippen LogP contribution is -2.10. The fraction of sp³-hybridized carbons (Fsp3) is 0.308. The molecule has 1 aromatic carbocycles. The van der Waals surface area contributed by atoms with Gasteiger partial charge in [-0.25, -0.2) is 4.39 Å². The van der Waals surface area contributed by atoms with Gasteiger partial charge in [-0.05, 0) is 49.8 Å². The summed E-state index contributed by atoms with van der Waals surface area (Å²) in [5, 5.41) is 7.55. The molecule has 17 heavy (non-hydrogen) atoms. The van der Waals surface area contributed by atoms with Crippen molar-refractivity contribution in [1.29, 1.82) is 0 Å². The Hall–Kier alpha value is -1.68. The van der Waals surface area contributed by atoms with Crippen molar-refractivity contribution in [2.75, 3.05) is 13.6 Å². The van der Waals surface area contributed by atoms with Gasteiger partial charge < -0.3 is 5.32 Å². The molecule has 0 saturated carbocycles. The largest absolute Gasteiger partial charge is 0.319 e. The second-order valence-electron chi connectivity index (χ2n) is 4.04. The molecule has 0 unspecified atom stereocenters. The van der Waals surface area contributed by atoms with E-state index in [1.807, 2.05) is 20.3 Å². The molecule has 0 atom stereocenters. The first-order valence-electron chi connectivity index (χ1n) is 5.64. The molecule has 0 bridgehead atoms. The van der Waals surface area contributed by atoms with E-state index in [2.05, 4.69) is 10.4 Å². The SMILES string of the molecule is CNCCc1cn(C)nc1-c1ccc(F)cc1. The number of hydrogen-bond donors (Lipinski definition) is 1. The molecular weight excluding hydrogens is 217 g/mol. The van der Waals surface area contributed by atoms with Gasteiger partial charge in [-0.3, -0.25) is 4.68 Å². The van der Waals surface area contributed by atoms with Gasteiger partial charge in [0, 0.05) is 18.8 Å². The number of rotatable bonds is 4. The molecule has 3 nitrogen and oxygen atoms in total. The summed E-state index contributed by atoms with van der Waals surface area (Å²) < 4.78 is 14.7. The molecule has 1 heterocycles. The third kappa shape index (κ3) is 2.71. The van der Waals surface area contributed by atoms with Crippen molar-refractivity contribution in [3.63, 3.8) is 0 Å². The number of aromatic nitrogens is 2. The fourth-order valence-corrected chi connectivity index (χ4v) is 1.83. The summed E-state index contributed by atoms with van der Waals surface area (Å²) in [5.41, 5.74) is 3.06. The summed E-state index contributed by atoms with van der Waals surface area (Å²) >= 11 is 0. The van der Waals surface area contributed by atoms with Gasteiger partial charge in [0.05, 0.1) is 5.69 Å². The highest BCUT2D eigenvalue weighted by molar-refractivity contribution is 5.62. The maximum absolute atomic E-state index is 12.9. The van der Waals surface area contributed by atoms with E-state index in [9.17, 15) is 4.39 Å². The Morgan fingerprint density at radius 1 is 1.29 bits per heavy atom. The quantitative estimate of drug-likeness (QED) is 0.875. The molecule has 0 aliphatic rings. The number of nitrogens with one attached hydrogen (secondary N) is 1. The minimum atomic E-state index is -0.221.